The van der Waals surface area contributed by atoms with Crippen LogP contribution in [0.15, 0.2) is 30.3 Å². The maximum absolute atomic E-state index is 2.33. The van der Waals surface area contributed by atoms with Gasteiger partial charge in [0.1, 0.15) is 0 Å². The van der Waals surface area contributed by atoms with Crippen LogP contribution in [-0.2, 0) is 0 Å². The van der Waals surface area contributed by atoms with E-state index in [1.807, 2.05) is 0 Å². The highest BCUT2D eigenvalue weighted by Gasteiger charge is 2.33. The van der Waals surface area contributed by atoms with Crippen LogP contribution in [0, 0.1) is 31.3 Å². The van der Waals surface area contributed by atoms with Crippen molar-refractivity contribution in [2.45, 2.75) is 37.8 Å². The van der Waals surface area contributed by atoms with Gasteiger partial charge in [-0.05, 0) is 49.5 Å². The number of benzene rings is 1. The molecule has 2 saturated carbocycles. The third-order valence-corrected chi connectivity index (χ3v) is 6.85. The van der Waals surface area contributed by atoms with Crippen LogP contribution in [0.3, 0.4) is 0 Å². The van der Waals surface area contributed by atoms with Crippen LogP contribution in [0.1, 0.15) is 32.1 Å². The number of hydrogen-bond acceptors (Lipinski definition) is 0. The van der Waals surface area contributed by atoms with Gasteiger partial charge in [0.15, 0.2) is 0 Å². The SMILES string of the molecule is [CH]1[CH][CH][C]([P@](c2ccccc2)C2CCCCC2)[CH]1. The molecule has 5 radical (unpaired) electrons. The van der Waals surface area contributed by atoms with E-state index in [1.165, 1.54) is 32.1 Å². The second-order valence-electron chi connectivity index (χ2n) is 5.14. The Morgan fingerprint density at radius 2 is 1.50 bits per heavy atom. The molecule has 0 spiro atoms. The van der Waals surface area contributed by atoms with Gasteiger partial charge in [-0.25, -0.2) is 0 Å². The van der Waals surface area contributed by atoms with Crippen LogP contribution in [0.4, 0.5) is 0 Å². The van der Waals surface area contributed by atoms with Gasteiger partial charge in [0.05, 0.1) is 0 Å². The van der Waals surface area contributed by atoms with Gasteiger partial charge < -0.3 is 0 Å². The van der Waals surface area contributed by atoms with Gasteiger partial charge in [-0.15, -0.1) is 0 Å². The molecule has 0 nitrogen and oxygen atoms in total. The maximum Gasteiger partial charge on any atom is 0.0121 e. The topological polar surface area (TPSA) is 0 Å². The molecule has 0 amide bonds. The van der Waals surface area contributed by atoms with E-state index in [0.717, 1.165) is 5.66 Å². The fraction of sp³-hybridized carbons (Fsp3) is 0.353. The molecule has 0 aliphatic heterocycles. The first-order chi connectivity index (χ1) is 8.95. The summed E-state index contributed by atoms with van der Waals surface area (Å²) >= 11 is 0. The molecule has 0 bridgehead atoms. The largest absolute Gasteiger partial charge is 0.0642 e. The predicted octanol–water partition coefficient (Wildman–Crippen LogP) is 4.49. The van der Waals surface area contributed by atoms with Crippen molar-refractivity contribution >= 4 is 13.2 Å². The zero-order chi connectivity index (χ0) is 12.2. The molecule has 2 aliphatic rings. The van der Waals surface area contributed by atoms with E-state index < -0.39 is 0 Å². The Labute approximate surface area is 113 Å². The van der Waals surface area contributed by atoms with E-state index in [1.54, 1.807) is 11.0 Å². The highest BCUT2D eigenvalue weighted by Crippen LogP contribution is 2.58. The fourth-order valence-electron chi connectivity index (χ4n) is 3.02. The molecule has 93 valence electrons. The van der Waals surface area contributed by atoms with Gasteiger partial charge in [-0.1, -0.05) is 57.5 Å². The summed E-state index contributed by atoms with van der Waals surface area (Å²) in [6.07, 6.45) is 16.2. The van der Waals surface area contributed by atoms with Crippen LogP contribution >= 0.6 is 7.92 Å². The minimum atomic E-state index is -0.132. The monoisotopic (exact) mass is 255 g/mol. The van der Waals surface area contributed by atoms with Crippen molar-refractivity contribution in [3.05, 3.63) is 61.7 Å². The van der Waals surface area contributed by atoms with E-state index in [9.17, 15) is 0 Å². The summed E-state index contributed by atoms with van der Waals surface area (Å²) in [5.41, 5.74) is 2.47. The molecule has 0 N–H and O–H groups in total. The van der Waals surface area contributed by atoms with Crippen molar-refractivity contribution in [1.82, 2.24) is 0 Å². The first-order valence-electron chi connectivity index (χ1n) is 7.01. The Morgan fingerprint density at radius 3 is 2.17 bits per heavy atom. The first-order valence-corrected chi connectivity index (χ1v) is 8.42. The molecular formula is C17H20P. The second-order valence-corrected chi connectivity index (χ2v) is 7.64. The van der Waals surface area contributed by atoms with Crippen LogP contribution in [-0.4, -0.2) is 5.66 Å². The standard InChI is InChI=1S/C17H20P/c1-3-9-15(10-4-1)18(17-13-7-8-14-17)16-11-5-2-6-12-16/h1,3-4,7-10,13-14,16H,2,5-6,11-12H2/t18-/m1/s1. The van der Waals surface area contributed by atoms with E-state index in [-0.39, 0.29) is 7.92 Å². The fourth-order valence-corrected chi connectivity index (χ4v) is 6.03. The quantitative estimate of drug-likeness (QED) is 0.698. The molecule has 0 unspecified atom stereocenters. The van der Waals surface area contributed by atoms with Crippen LogP contribution in [0.25, 0.3) is 0 Å². The summed E-state index contributed by atoms with van der Waals surface area (Å²) in [7, 11) is -0.132. The van der Waals surface area contributed by atoms with Crippen molar-refractivity contribution in [2.24, 2.45) is 0 Å². The molecule has 3 rings (SSSR count). The van der Waals surface area contributed by atoms with E-state index in [0.29, 0.717) is 0 Å². The minimum absolute atomic E-state index is 0.132. The highest BCUT2D eigenvalue weighted by molar-refractivity contribution is 7.69. The third kappa shape index (κ3) is 2.80. The summed E-state index contributed by atoms with van der Waals surface area (Å²) < 4.78 is 0. The molecule has 1 aromatic carbocycles. The van der Waals surface area contributed by atoms with Crippen LogP contribution in [0.5, 0.6) is 0 Å². The van der Waals surface area contributed by atoms with Gasteiger partial charge in [-0.2, -0.15) is 0 Å². The first kappa shape index (κ1) is 12.7. The van der Waals surface area contributed by atoms with Gasteiger partial charge in [0, 0.05) is 5.66 Å². The van der Waals surface area contributed by atoms with Gasteiger partial charge in [0.2, 0.25) is 0 Å². The summed E-state index contributed by atoms with van der Waals surface area (Å²) in [6.45, 7) is 0. The predicted molar refractivity (Wildman–Crippen MR) is 80.3 cm³/mol. The van der Waals surface area contributed by atoms with E-state index in [2.05, 4.69) is 56.0 Å². The lowest BCUT2D eigenvalue weighted by atomic mass is 10.0. The van der Waals surface area contributed by atoms with Gasteiger partial charge >= 0.3 is 0 Å². The average molecular weight is 255 g/mol. The lowest BCUT2D eigenvalue weighted by Gasteiger charge is -2.34. The van der Waals surface area contributed by atoms with Crippen LogP contribution in [0.2, 0.25) is 0 Å². The molecule has 1 atom stereocenters. The Balaban J connectivity index is 1.82. The number of hydrogen-bond donors (Lipinski definition) is 0. The summed E-state index contributed by atoms with van der Waals surface area (Å²) in [5.74, 6) is 0. The van der Waals surface area contributed by atoms with Crippen molar-refractivity contribution < 1.29 is 0 Å². The van der Waals surface area contributed by atoms with Gasteiger partial charge in [-0.3, -0.25) is 0 Å². The van der Waals surface area contributed by atoms with Crippen LogP contribution < -0.4 is 5.30 Å². The maximum atomic E-state index is 2.33. The Bertz CT molecular complexity index is 347. The molecule has 2 aliphatic carbocycles. The Hall–Kier alpha value is -0.350. The molecule has 1 aromatic rings. The summed E-state index contributed by atoms with van der Waals surface area (Å²) in [4.78, 5) is 0. The van der Waals surface area contributed by atoms with E-state index in [4.69, 9.17) is 0 Å². The zero-order valence-corrected chi connectivity index (χ0v) is 11.7. The van der Waals surface area contributed by atoms with E-state index >= 15 is 0 Å². The second kappa shape index (κ2) is 6.20. The Kier molecular flexibility index (Phi) is 4.36. The summed E-state index contributed by atoms with van der Waals surface area (Å²) in [6, 6.07) is 11.2. The lowest BCUT2D eigenvalue weighted by molar-refractivity contribution is 0.512. The summed E-state index contributed by atoms with van der Waals surface area (Å²) in [5, 5.41) is 1.56. The van der Waals surface area contributed by atoms with Crippen molar-refractivity contribution in [3.63, 3.8) is 0 Å². The van der Waals surface area contributed by atoms with Crippen molar-refractivity contribution in [1.29, 1.82) is 0 Å². The molecule has 18 heavy (non-hydrogen) atoms. The highest BCUT2D eigenvalue weighted by atomic mass is 31.1. The molecule has 0 aromatic heterocycles. The Morgan fingerprint density at radius 1 is 0.833 bits per heavy atom. The minimum Gasteiger partial charge on any atom is -0.0642 e. The smallest absolute Gasteiger partial charge is 0.0121 e. The molecule has 0 saturated heterocycles. The molecule has 1 heteroatoms. The lowest BCUT2D eigenvalue weighted by Crippen LogP contribution is -2.20. The normalized spacial score (nSPS) is 24.2. The zero-order valence-electron chi connectivity index (χ0n) is 10.8. The molecular weight excluding hydrogens is 235 g/mol. The average Bonchev–Trinajstić information content (AvgIpc) is 2.95. The molecule has 2 fully saturated rings. The van der Waals surface area contributed by atoms with Gasteiger partial charge in [0.25, 0.3) is 0 Å². The van der Waals surface area contributed by atoms with Crippen molar-refractivity contribution in [2.75, 3.05) is 0 Å². The van der Waals surface area contributed by atoms with Crippen molar-refractivity contribution in [3.8, 4) is 0 Å². The number of rotatable bonds is 3. The third-order valence-electron chi connectivity index (χ3n) is 3.90. The molecule has 0 heterocycles.